The number of nitrogens with one attached hydrogen (secondary N) is 1. The molecule has 1 saturated heterocycles. The van der Waals surface area contributed by atoms with Crippen LogP contribution in [0.25, 0.3) is 0 Å². The summed E-state index contributed by atoms with van der Waals surface area (Å²) in [6.45, 7) is 1.48. The van der Waals surface area contributed by atoms with Gasteiger partial charge in [-0.1, -0.05) is 0 Å². The number of rotatable bonds is 0. The Morgan fingerprint density at radius 2 is 1.80 bits per heavy atom. The quantitative estimate of drug-likeness (QED) is 0.435. The summed E-state index contributed by atoms with van der Waals surface area (Å²) in [5, 5.41) is 11.3. The van der Waals surface area contributed by atoms with Gasteiger partial charge in [0.15, 0.2) is 0 Å². The molecule has 1 heterocycles. The van der Waals surface area contributed by atoms with Gasteiger partial charge in [-0.25, -0.2) is 0 Å². The molecule has 0 aromatic rings. The van der Waals surface area contributed by atoms with Gasteiger partial charge in [0.2, 0.25) is 11.8 Å². The molecule has 4 nitrogen and oxygen atoms in total. The molecule has 0 aliphatic carbocycles. The summed E-state index contributed by atoms with van der Waals surface area (Å²) in [5.41, 5.74) is -1.14. The number of aliphatic hydroxyl groups is 1. The van der Waals surface area contributed by atoms with Crippen molar-refractivity contribution in [2.24, 2.45) is 0 Å². The third-order valence-corrected chi connectivity index (χ3v) is 1.36. The molecule has 0 saturated carbocycles. The van der Waals surface area contributed by atoms with E-state index in [4.69, 9.17) is 0 Å². The second-order valence-electron chi connectivity index (χ2n) is 2.82. The highest BCUT2D eigenvalue weighted by molar-refractivity contribution is 5.98. The Morgan fingerprint density at radius 1 is 1.40 bits per heavy atom. The maximum atomic E-state index is 10.6. The Bertz CT molecular complexity index is 167. The van der Waals surface area contributed by atoms with Crippen LogP contribution in [0.4, 0.5) is 0 Å². The van der Waals surface area contributed by atoms with Crippen LogP contribution in [0.1, 0.15) is 19.8 Å². The van der Waals surface area contributed by atoms with Gasteiger partial charge in [0.25, 0.3) is 0 Å². The summed E-state index contributed by atoms with van der Waals surface area (Å²) in [6.07, 6.45) is 0.0253. The van der Waals surface area contributed by atoms with E-state index in [0.29, 0.717) is 0 Å². The molecule has 56 valence electrons. The lowest BCUT2D eigenvalue weighted by atomic mass is 9.94. The van der Waals surface area contributed by atoms with Crippen LogP contribution in [0.5, 0.6) is 0 Å². The fourth-order valence-electron chi connectivity index (χ4n) is 0.998. The van der Waals surface area contributed by atoms with Crippen molar-refractivity contribution in [3.05, 3.63) is 0 Å². The van der Waals surface area contributed by atoms with Crippen LogP contribution in [0.3, 0.4) is 0 Å². The van der Waals surface area contributed by atoms with Crippen molar-refractivity contribution in [3.63, 3.8) is 0 Å². The van der Waals surface area contributed by atoms with E-state index in [0.717, 1.165) is 0 Å². The number of hydrogen-bond donors (Lipinski definition) is 2. The van der Waals surface area contributed by atoms with Crippen molar-refractivity contribution in [3.8, 4) is 0 Å². The van der Waals surface area contributed by atoms with Gasteiger partial charge in [-0.2, -0.15) is 0 Å². The van der Waals surface area contributed by atoms with E-state index in [-0.39, 0.29) is 12.8 Å². The lowest BCUT2D eigenvalue weighted by Gasteiger charge is -2.25. The molecule has 10 heavy (non-hydrogen) atoms. The fourth-order valence-corrected chi connectivity index (χ4v) is 0.998. The zero-order valence-corrected chi connectivity index (χ0v) is 5.68. The number of carbonyl (C=O) groups excluding carboxylic acids is 2. The molecule has 1 aliphatic heterocycles. The van der Waals surface area contributed by atoms with E-state index in [1.54, 1.807) is 0 Å². The third kappa shape index (κ3) is 1.54. The number of imide groups is 1. The molecule has 0 aromatic heterocycles. The number of hydrogen-bond acceptors (Lipinski definition) is 3. The Kier molecular flexibility index (Phi) is 1.48. The van der Waals surface area contributed by atoms with Crippen molar-refractivity contribution < 1.29 is 14.7 Å². The highest BCUT2D eigenvalue weighted by Gasteiger charge is 2.33. The molecule has 0 atom stereocenters. The maximum Gasteiger partial charge on any atom is 0.229 e. The molecule has 1 aliphatic rings. The van der Waals surface area contributed by atoms with Gasteiger partial charge in [0, 0.05) is 0 Å². The Morgan fingerprint density at radius 3 is 2.10 bits per heavy atom. The van der Waals surface area contributed by atoms with E-state index >= 15 is 0 Å². The van der Waals surface area contributed by atoms with Crippen molar-refractivity contribution >= 4 is 11.8 Å². The Hall–Kier alpha value is -0.900. The molecule has 0 aromatic carbocycles. The predicted molar refractivity (Wildman–Crippen MR) is 33.0 cm³/mol. The van der Waals surface area contributed by atoms with Gasteiger partial charge in [0.05, 0.1) is 18.4 Å². The van der Waals surface area contributed by atoms with E-state index < -0.39 is 17.4 Å². The zero-order valence-electron chi connectivity index (χ0n) is 5.68. The lowest BCUT2D eigenvalue weighted by Crippen LogP contribution is -2.46. The molecule has 1 fully saturated rings. The van der Waals surface area contributed by atoms with Crippen molar-refractivity contribution in [2.75, 3.05) is 0 Å². The van der Waals surface area contributed by atoms with Gasteiger partial charge in [-0.05, 0) is 6.92 Å². The van der Waals surface area contributed by atoms with E-state index in [2.05, 4.69) is 5.32 Å². The minimum absolute atomic E-state index is 0.0126. The molecule has 2 amide bonds. The average Bonchev–Trinajstić information content (AvgIpc) is 1.54. The molecule has 0 radical (unpaired) electrons. The van der Waals surface area contributed by atoms with Crippen LogP contribution in [0.2, 0.25) is 0 Å². The Labute approximate surface area is 58.2 Å². The number of amides is 2. The molecule has 0 spiro atoms. The second-order valence-corrected chi connectivity index (χ2v) is 2.82. The minimum atomic E-state index is -1.14. The number of piperidine rings is 1. The maximum absolute atomic E-state index is 10.6. The summed E-state index contributed by atoms with van der Waals surface area (Å²) >= 11 is 0. The standard InChI is InChI=1S/C6H9NO3/c1-6(10)2-4(8)7-5(9)3-6/h10H,2-3H2,1H3,(H,7,8,9). The largest absolute Gasteiger partial charge is 0.389 e. The molecule has 2 N–H and O–H groups in total. The van der Waals surface area contributed by atoms with Crippen molar-refractivity contribution in [2.45, 2.75) is 25.4 Å². The minimum Gasteiger partial charge on any atom is -0.389 e. The van der Waals surface area contributed by atoms with E-state index in [9.17, 15) is 14.7 Å². The monoisotopic (exact) mass is 143 g/mol. The zero-order chi connectivity index (χ0) is 7.78. The summed E-state index contributed by atoms with van der Waals surface area (Å²) in [7, 11) is 0. The van der Waals surface area contributed by atoms with Gasteiger partial charge in [-0.15, -0.1) is 0 Å². The average molecular weight is 143 g/mol. The molecule has 0 unspecified atom stereocenters. The smallest absolute Gasteiger partial charge is 0.229 e. The van der Waals surface area contributed by atoms with Crippen LogP contribution in [-0.4, -0.2) is 22.5 Å². The normalized spacial score (nSPS) is 24.2. The molecule has 0 bridgehead atoms. The van der Waals surface area contributed by atoms with Gasteiger partial charge < -0.3 is 5.11 Å². The SMILES string of the molecule is CC1(O)CC(=O)NC(=O)C1. The summed E-state index contributed by atoms with van der Waals surface area (Å²) < 4.78 is 0. The Balaban J connectivity index is 2.68. The highest BCUT2D eigenvalue weighted by Crippen LogP contribution is 2.17. The van der Waals surface area contributed by atoms with Gasteiger partial charge in [-0.3, -0.25) is 14.9 Å². The van der Waals surface area contributed by atoms with Gasteiger partial charge >= 0.3 is 0 Å². The predicted octanol–water partition coefficient (Wildman–Crippen LogP) is -0.826. The number of carbonyl (C=O) groups is 2. The first-order valence-electron chi connectivity index (χ1n) is 3.05. The molecule has 1 rings (SSSR count). The van der Waals surface area contributed by atoms with E-state index in [1.165, 1.54) is 6.92 Å². The summed E-state index contributed by atoms with van der Waals surface area (Å²) in [4.78, 5) is 21.2. The van der Waals surface area contributed by atoms with Crippen LogP contribution < -0.4 is 5.32 Å². The van der Waals surface area contributed by atoms with Crippen molar-refractivity contribution in [1.82, 2.24) is 5.32 Å². The first-order chi connectivity index (χ1) is 4.49. The van der Waals surface area contributed by atoms with Gasteiger partial charge in [0.1, 0.15) is 0 Å². The molecule has 4 heteroatoms. The van der Waals surface area contributed by atoms with Crippen molar-refractivity contribution in [1.29, 1.82) is 0 Å². The van der Waals surface area contributed by atoms with Crippen LogP contribution in [0.15, 0.2) is 0 Å². The summed E-state index contributed by atoms with van der Waals surface area (Å²) in [5.74, 6) is -0.803. The lowest BCUT2D eigenvalue weighted by molar-refractivity contribution is -0.141. The van der Waals surface area contributed by atoms with E-state index in [1.807, 2.05) is 0 Å². The summed E-state index contributed by atoms with van der Waals surface area (Å²) in [6, 6.07) is 0. The molecular formula is C6H9NO3. The second kappa shape index (κ2) is 2.05. The molecular weight excluding hydrogens is 134 g/mol. The van der Waals surface area contributed by atoms with Crippen LogP contribution in [-0.2, 0) is 9.59 Å². The first kappa shape index (κ1) is 7.21. The van der Waals surface area contributed by atoms with Crippen LogP contribution in [0, 0.1) is 0 Å². The topological polar surface area (TPSA) is 66.4 Å². The third-order valence-electron chi connectivity index (χ3n) is 1.36. The highest BCUT2D eigenvalue weighted by atomic mass is 16.3. The fraction of sp³-hybridized carbons (Fsp3) is 0.667. The first-order valence-corrected chi connectivity index (χ1v) is 3.05. The van der Waals surface area contributed by atoms with Crippen LogP contribution >= 0.6 is 0 Å².